The van der Waals surface area contributed by atoms with Crippen molar-refractivity contribution >= 4 is 31.5 Å². The first kappa shape index (κ1) is 35.4. The van der Waals surface area contributed by atoms with Crippen molar-refractivity contribution in [1.82, 2.24) is 14.8 Å². The molecule has 270 valence electrons. The molecule has 6 rings (SSSR count). The molecule has 50 heavy (non-hydrogen) atoms. The topological polar surface area (TPSA) is 205 Å². The fourth-order valence-corrected chi connectivity index (χ4v) is 7.55. The Hall–Kier alpha value is -4.38. The number of carbonyl (C=O) groups is 3. The highest BCUT2D eigenvalue weighted by Gasteiger charge is 2.54. The minimum absolute atomic E-state index is 0.0496. The summed E-state index contributed by atoms with van der Waals surface area (Å²) in [7, 11) is -4.86. The minimum atomic E-state index is -4.86. The van der Waals surface area contributed by atoms with Crippen molar-refractivity contribution in [3.63, 3.8) is 0 Å². The van der Waals surface area contributed by atoms with Crippen LogP contribution in [0.2, 0.25) is 0 Å². The molecule has 4 heterocycles. The molecule has 1 aliphatic carbocycles. The molecule has 1 aromatic carbocycles. The average Bonchev–Trinajstić information content (AvgIpc) is 3.61. The van der Waals surface area contributed by atoms with Crippen LogP contribution in [0.1, 0.15) is 84.8 Å². The average molecular weight is 725 g/mol. The summed E-state index contributed by atoms with van der Waals surface area (Å²) in [6, 6.07) is 1.89. The summed E-state index contributed by atoms with van der Waals surface area (Å²) in [5, 5.41) is 6.62. The lowest BCUT2D eigenvalue weighted by Crippen LogP contribution is -2.52. The molecule has 1 saturated carbocycles. The van der Waals surface area contributed by atoms with Gasteiger partial charge in [-0.15, -0.1) is 0 Å². The third kappa shape index (κ3) is 7.10. The number of halogens is 2. The van der Waals surface area contributed by atoms with Gasteiger partial charge in [0, 0.05) is 43.4 Å². The van der Waals surface area contributed by atoms with Crippen molar-refractivity contribution in [2.24, 2.45) is 5.16 Å². The van der Waals surface area contributed by atoms with E-state index in [-0.39, 0.29) is 36.7 Å². The fourth-order valence-electron chi connectivity index (χ4n) is 6.96. The molecular formula is C31H35F2N4O12P. The molecule has 2 aromatic rings. The SMILES string of the molecule is CC1=NO[C@@]2(CC[C@H](C)N3C[C@H]2n2cc(C(=O)NCc4ccc(F)cc4F)c(=O)c(OCOC(=O)O[C@H]4CCC[C@@H]4OP(=O)(O)O)c2C3=O)C1. The van der Waals surface area contributed by atoms with Crippen LogP contribution in [-0.4, -0.2) is 80.1 Å². The summed E-state index contributed by atoms with van der Waals surface area (Å²) in [5.74, 6) is -3.87. The Morgan fingerprint density at radius 3 is 2.64 bits per heavy atom. The van der Waals surface area contributed by atoms with Gasteiger partial charge in [-0.2, -0.15) is 0 Å². The van der Waals surface area contributed by atoms with E-state index in [1.807, 2.05) is 6.92 Å². The second-order valence-electron chi connectivity index (χ2n) is 12.8. The van der Waals surface area contributed by atoms with E-state index >= 15 is 0 Å². The van der Waals surface area contributed by atoms with E-state index in [0.717, 1.165) is 12.1 Å². The number of carbonyl (C=O) groups excluding carboxylic acids is 3. The highest BCUT2D eigenvalue weighted by molar-refractivity contribution is 7.46. The highest BCUT2D eigenvalue weighted by Crippen LogP contribution is 2.46. The molecular weight excluding hydrogens is 689 g/mol. The van der Waals surface area contributed by atoms with E-state index in [4.69, 9.17) is 33.4 Å². The third-order valence-corrected chi connectivity index (χ3v) is 9.96. The van der Waals surface area contributed by atoms with Crippen LogP contribution in [0.5, 0.6) is 5.75 Å². The molecule has 2 amide bonds. The number of hydrogen-bond donors (Lipinski definition) is 3. The van der Waals surface area contributed by atoms with Crippen LogP contribution in [0.4, 0.5) is 13.6 Å². The van der Waals surface area contributed by atoms with Crippen molar-refractivity contribution < 1.29 is 61.1 Å². The van der Waals surface area contributed by atoms with Crippen molar-refractivity contribution in [2.75, 3.05) is 13.3 Å². The van der Waals surface area contributed by atoms with Crippen LogP contribution in [0.25, 0.3) is 0 Å². The predicted octanol–water partition coefficient (Wildman–Crippen LogP) is 3.29. The van der Waals surface area contributed by atoms with Gasteiger partial charge in [0.2, 0.25) is 18.0 Å². The summed E-state index contributed by atoms with van der Waals surface area (Å²) < 4.78 is 61.0. The number of amides is 2. The van der Waals surface area contributed by atoms with E-state index in [1.54, 1.807) is 11.8 Å². The maximum atomic E-state index is 14.3. The Morgan fingerprint density at radius 2 is 1.94 bits per heavy atom. The maximum absolute atomic E-state index is 14.3. The number of nitrogens with zero attached hydrogens (tertiary/aromatic N) is 3. The van der Waals surface area contributed by atoms with Crippen LogP contribution in [0, 0.1) is 11.6 Å². The first-order chi connectivity index (χ1) is 23.7. The van der Waals surface area contributed by atoms with Gasteiger partial charge in [0.05, 0.1) is 11.8 Å². The van der Waals surface area contributed by atoms with Crippen LogP contribution < -0.4 is 15.5 Å². The zero-order chi connectivity index (χ0) is 36.0. The number of pyridine rings is 1. The summed E-state index contributed by atoms with van der Waals surface area (Å²) >= 11 is 0. The van der Waals surface area contributed by atoms with E-state index < -0.39 is 91.4 Å². The number of rotatable bonds is 9. The summed E-state index contributed by atoms with van der Waals surface area (Å²) in [5.41, 5.74) is -2.02. The molecule has 0 radical (unpaired) electrons. The molecule has 1 aromatic heterocycles. The smallest absolute Gasteiger partial charge is 0.451 e. The summed E-state index contributed by atoms with van der Waals surface area (Å²) in [6.45, 7) is 2.45. The number of benzene rings is 1. The van der Waals surface area contributed by atoms with Crippen LogP contribution >= 0.6 is 7.82 Å². The predicted molar refractivity (Wildman–Crippen MR) is 166 cm³/mol. The maximum Gasteiger partial charge on any atom is 0.511 e. The van der Waals surface area contributed by atoms with E-state index in [2.05, 4.69) is 10.5 Å². The summed E-state index contributed by atoms with van der Waals surface area (Å²) in [6.07, 6.45) is 0.160. The molecule has 16 nitrogen and oxygen atoms in total. The van der Waals surface area contributed by atoms with Crippen molar-refractivity contribution in [2.45, 2.75) is 88.8 Å². The molecule has 1 saturated heterocycles. The van der Waals surface area contributed by atoms with Gasteiger partial charge in [0.15, 0.2) is 11.3 Å². The first-order valence-electron chi connectivity index (χ1n) is 15.9. The number of hydrogen-bond acceptors (Lipinski definition) is 11. The quantitative estimate of drug-likeness (QED) is 0.194. The van der Waals surface area contributed by atoms with E-state index in [9.17, 15) is 32.5 Å². The van der Waals surface area contributed by atoms with E-state index in [0.29, 0.717) is 37.5 Å². The number of phosphoric acid groups is 1. The van der Waals surface area contributed by atoms with Gasteiger partial charge in [0.25, 0.3) is 11.8 Å². The molecule has 3 aliphatic heterocycles. The molecule has 2 fully saturated rings. The van der Waals surface area contributed by atoms with E-state index in [1.165, 1.54) is 10.8 Å². The molecule has 1 spiro atoms. The number of fused-ring (bicyclic) bond motifs is 5. The largest absolute Gasteiger partial charge is 0.511 e. The number of aromatic nitrogens is 1. The molecule has 4 aliphatic rings. The normalized spacial score (nSPS) is 25.8. The lowest BCUT2D eigenvalue weighted by atomic mass is 9.84. The Labute approximate surface area is 283 Å². The third-order valence-electron chi connectivity index (χ3n) is 9.42. The van der Waals surface area contributed by atoms with Gasteiger partial charge < -0.3 is 43.6 Å². The zero-order valence-corrected chi connectivity index (χ0v) is 27.9. The van der Waals surface area contributed by atoms with Crippen molar-refractivity contribution in [1.29, 1.82) is 0 Å². The van der Waals surface area contributed by atoms with Gasteiger partial charge in [-0.25, -0.2) is 18.1 Å². The lowest BCUT2D eigenvalue weighted by molar-refractivity contribution is -0.0659. The zero-order valence-electron chi connectivity index (χ0n) is 27.0. The number of ether oxygens (including phenoxy) is 3. The first-order valence-corrected chi connectivity index (χ1v) is 17.4. The number of oxime groups is 1. The Kier molecular flexibility index (Phi) is 9.74. The Morgan fingerprint density at radius 1 is 1.18 bits per heavy atom. The number of phosphoric ester groups is 1. The second-order valence-corrected chi connectivity index (χ2v) is 14.0. The van der Waals surface area contributed by atoms with Gasteiger partial charge in [-0.05, 0) is 52.0 Å². The van der Waals surface area contributed by atoms with Gasteiger partial charge in [-0.1, -0.05) is 11.2 Å². The Bertz CT molecular complexity index is 1850. The molecule has 19 heteroatoms. The van der Waals surface area contributed by atoms with Crippen LogP contribution in [0.3, 0.4) is 0 Å². The molecule has 5 atom stereocenters. The molecule has 2 bridgehead atoms. The van der Waals surface area contributed by atoms with Gasteiger partial charge >= 0.3 is 14.0 Å². The fraction of sp³-hybridized carbons (Fsp3) is 0.516. The van der Waals surface area contributed by atoms with Gasteiger partial charge in [-0.3, -0.25) is 18.9 Å². The lowest BCUT2D eigenvalue weighted by Gasteiger charge is -2.42. The monoisotopic (exact) mass is 724 g/mol. The van der Waals surface area contributed by atoms with Crippen LogP contribution in [0.15, 0.2) is 34.3 Å². The molecule has 0 unspecified atom stereocenters. The summed E-state index contributed by atoms with van der Waals surface area (Å²) in [4.78, 5) is 79.9. The Balaban J connectivity index is 1.31. The highest BCUT2D eigenvalue weighted by atomic mass is 31.2. The van der Waals surface area contributed by atoms with Crippen molar-refractivity contribution in [3.05, 3.63) is 63.1 Å². The number of nitrogens with one attached hydrogen (secondary N) is 1. The molecule has 3 N–H and O–H groups in total. The van der Waals surface area contributed by atoms with Crippen LogP contribution in [-0.2, 0) is 29.9 Å². The minimum Gasteiger partial charge on any atom is -0.451 e. The second kappa shape index (κ2) is 13.7. The van der Waals surface area contributed by atoms with Crippen molar-refractivity contribution in [3.8, 4) is 5.75 Å². The van der Waals surface area contributed by atoms with Gasteiger partial charge in [0.1, 0.15) is 29.4 Å². The standard InChI is InChI=1S/C31H35F2N4O12P/c1-16-11-31(49-35-16)9-8-17(2)36-14-24(31)37-13-20(28(39)34-12-18-6-7-19(32)10-21(18)33)26(38)27(25(37)29(36)40)45-15-46-30(41)47-22-4-3-5-23(22)48-50(42,43)44/h6-7,10,13,17,22-24H,3-5,8-9,11-12,14-15H2,1-2H3,(H,34,39)(H2,42,43,44)/t17-,22-,23-,24+,31-/m0/s1.